The first-order chi connectivity index (χ1) is 9.45. The van der Waals surface area contributed by atoms with Gasteiger partial charge in [-0.3, -0.25) is 4.21 Å². The smallest absolute Gasteiger partial charge is 0.106 e. The molecule has 0 aliphatic rings. The molecule has 0 saturated heterocycles. The van der Waals surface area contributed by atoms with Gasteiger partial charge < -0.3 is 9.73 Å². The molecule has 0 saturated carbocycles. The van der Waals surface area contributed by atoms with Crippen LogP contribution in [0.5, 0.6) is 0 Å². The Labute approximate surface area is 126 Å². The molecule has 20 heavy (non-hydrogen) atoms. The molecule has 1 aromatic heterocycles. The molecule has 3 nitrogen and oxygen atoms in total. The zero-order valence-electron chi connectivity index (χ0n) is 11.8. The summed E-state index contributed by atoms with van der Waals surface area (Å²) in [6.45, 7) is 4.59. The third-order valence-corrected chi connectivity index (χ3v) is 4.12. The van der Waals surface area contributed by atoms with Gasteiger partial charge in [0.2, 0.25) is 0 Å². The van der Waals surface area contributed by atoms with E-state index in [1.165, 1.54) is 0 Å². The maximum Gasteiger partial charge on any atom is 0.106 e. The Balaban J connectivity index is 2.10. The zero-order chi connectivity index (χ0) is 14.7. The molecular formula is C15H18ClNO2S. The minimum Gasteiger partial charge on any atom is -0.466 e. The number of anilines is 1. The van der Waals surface area contributed by atoms with Crippen molar-refractivity contribution >= 4 is 28.1 Å². The summed E-state index contributed by atoms with van der Waals surface area (Å²) in [7, 11) is -0.903. The van der Waals surface area contributed by atoms with E-state index in [1.807, 2.05) is 38.1 Å². The highest BCUT2D eigenvalue weighted by molar-refractivity contribution is 7.83. The van der Waals surface area contributed by atoms with E-state index in [9.17, 15) is 4.21 Å². The van der Waals surface area contributed by atoms with Crippen LogP contribution < -0.4 is 5.32 Å². The Morgan fingerprint density at radius 3 is 2.60 bits per heavy atom. The van der Waals surface area contributed by atoms with Crippen LogP contribution in [0.2, 0.25) is 5.02 Å². The lowest BCUT2D eigenvalue weighted by atomic mass is 10.2. The standard InChI is InChI=1S/C15H18ClNO2S/c1-10-6-12(11(2)19-10)8-17-14-4-5-15(16)13(7-14)9-20(3)18/h4-7,17H,8-9H2,1-3H3. The SMILES string of the molecule is Cc1cc(CNc2ccc(Cl)c(CS(C)=O)c2)c(C)o1. The van der Waals surface area contributed by atoms with Gasteiger partial charge in [-0.1, -0.05) is 11.6 Å². The quantitative estimate of drug-likeness (QED) is 0.906. The van der Waals surface area contributed by atoms with Gasteiger partial charge in [0, 0.05) is 45.6 Å². The van der Waals surface area contributed by atoms with Gasteiger partial charge in [-0.15, -0.1) is 0 Å². The highest BCUT2D eigenvalue weighted by Crippen LogP contribution is 2.23. The third kappa shape index (κ3) is 3.87. The average molecular weight is 312 g/mol. The third-order valence-electron chi connectivity index (χ3n) is 3.03. The van der Waals surface area contributed by atoms with Crippen molar-refractivity contribution < 1.29 is 8.63 Å². The van der Waals surface area contributed by atoms with Gasteiger partial charge in [0.05, 0.1) is 0 Å². The van der Waals surface area contributed by atoms with E-state index in [0.29, 0.717) is 17.3 Å². The van der Waals surface area contributed by atoms with Crippen LogP contribution in [0.3, 0.4) is 0 Å². The number of halogens is 1. The predicted molar refractivity (Wildman–Crippen MR) is 84.7 cm³/mol. The molecule has 1 atom stereocenters. The number of nitrogens with one attached hydrogen (secondary N) is 1. The Morgan fingerprint density at radius 2 is 2.00 bits per heavy atom. The van der Waals surface area contributed by atoms with Gasteiger partial charge in [-0.25, -0.2) is 0 Å². The molecule has 1 heterocycles. The maximum absolute atomic E-state index is 11.3. The van der Waals surface area contributed by atoms with Gasteiger partial charge in [0.15, 0.2) is 0 Å². The molecule has 0 fully saturated rings. The largest absolute Gasteiger partial charge is 0.466 e. The number of aryl methyl sites for hydroxylation is 2. The minimum absolute atomic E-state index is 0.470. The van der Waals surface area contributed by atoms with Crippen molar-refractivity contribution in [2.75, 3.05) is 11.6 Å². The second-order valence-electron chi connectivity index (χ2n) is 4.82. The fraction of sp³-hybridized carbons (Fsp3) is 0.333. The van der Waals surface area contributed by atoms with Gasteiger partial charge in [-0.2, -0.15) is 0 Å². The summed E-state index contributed by atoms with van der Waals surface area (Å²) in [5.41, 5.74) is 3.00. The first kappa shape index (κ1) is 15.1. The van der Waals surface area contributed by atoms with Crippen molar-refractivity contribution in [2.45, 2.75) is 26.1 Å². The summed E-state index contributed by atoms with van der Waals surface area (Å²) in [5.74, 6) is 2.31. The molecule has 5 heteroatoms. The highest BCUT2D eigenvalue weighted by Gasteiger charge is 2.07. The molecule has 0 radical (unpaired) electrons. The Kier molecular flexibility index (Phi) is 4.89. The number of hydrogen-bond donors (Lipinski definition) is 1. The zero-order valence-corrected chi connectivity index (χ0v) is 13.4. The van der Waals surface area contributed by atoms with Crippen molar-refractivity contribution in [2.24, 2.45) is 0 Å². The van der Waals surface area contributed by atoms with Crippen LogP contribution in [0.25, 0.3) is 0 Å². The molecule has 1 N–H and O–H groups in total. The fourth-order valence-electron chi connectivity index (χ4n) is 2.07. The topological polar surface area (TPSA) is 42.2 Å². The summed E-state index contributed by atoms with van der Waals surface area (Å²) in [5, 5.41) is 3.99. The molecule has 108 valence electrons. The van der Waals surface area contributed by atoms with E-state index in [1.54, 1.807) is 6.26 Å². The normalized spacial score (nSPS) is 12.4. The van der Waals surface area contributed by atoms with Gasteiger partial charge in [0.25, 0.3) is 0 Å². The van der Waals surface area contributed by atoms with Crippen LogP contribution >= 0.6 is 11.6 Å². The number of furan rings is 1. The summed E-state index contributed by atoms with van der Waals surface area (Å²) in [6, 6.07) is 7.73. The van der Waals surface area contributed by atoms with Gasteiger partial charge in [-0.05, 0) is 43.7 Å². The Bertz CT molecular complexity index is 637. The summed E-state index contributed by atoms with van der Waals surface area (Å²) in [6.07, 6.45) is 1.67. The van der Waals surface area contributed by atoms with E-state index >= 15 is 0 Å². The molecule has 0 bridgehead atoms. The lowest BCUT2D eigenvalue weighted by molar-refractivity contribution is 0.501. The predicted octanol–water partition coefficient (Wildman–Crippen LogP) is 4.04. The van der Waals surface area contributed by atoms with Crippen molar-refractivity contribution in [1.29, 1.82) is 0 Å². The molecule has 0 spiro atoms. The van der Waals surface area contributed by atoms with Crippen molar-refractivity contribution in [3.63, 3.8) is 0 Å². The highest BCUT2D eigenvalue weighted by atomic mass is 35.5. The first-order valence-corrected chi connectivity index (χ1v) is 8.44. The molecule has 1 aromatic carbocycles. The lowest BCUT2D eigenvalue weighted by Gasteiger charge is -2.09. The van der Waals surface area contributed by atoms with Crippen LogP contribution in [0, 0.1) is 13.8 Å². The van der Waals surface area contributed by atoms with Crippen molar-refractivity contribution in [3.8, 4) is 0 Å². The van der Waals surface area contributed by atoms with Crippen LogP contribution in [0.1, 0.15) is 22.6 Å². The summed E-state index contributed by atoms with van der Waals surface area (Å²) >= 11 is 6.11. The fourth-order valence-corrected chi connectivity index (χ4v) is 3.01. The summed E-state index contributed by atoms with van der Waals surface area (Å²) in [4.78, 5) is 0. The molecule has 0 aliphatic carbocycles. The first-order valence-electron chi connectivity index (χ1n) is 6.34. The second kappa shape index (κ2) is 6.46. The van der Waals surface area contributed by atoms with E-state index in [2.05, 4.69) is 5.32 Å². The minimum atomic E-state index is -0.903. The second-order valence-corrected chi connectivity index (χ2v) is 6.66. The van der Waals surface area contributed by atoms with E-state index in [0.717, 1.165) is 28.3 Å². The van der Waals surface area contributed by atoms with Crippen LogP contribution in [-0.2, 0) is 23.1 Å². The monoisotopic (exact) mass is 311 g/mol. The molecule has 2 aromatic rings. The summed E-state index contributed by atoms with van der Waals surface area (Å²) < 4.78 is 16.8. The Morgan fingerprint density at radius 1 is 1.25 bits per heavy atom. The van der Waals surface area contributed by atoms with Crippen molar-refractivity contribution in [1.82, 2.24) is 0 Å². The maximum atomic E-state index is 11.3. The lowest BCUT2D eigenvalue weighted by Crippen LogP contribution is -2.01. The molecular weight excluding hydrogens is 294 g/mol. The number of benzene rings is 1. The van der Waals surface area contributed by atoms with Gasteiger partial charge in [0.1, 0.15) is 11.5 Å². The molecule has 0 aliphatic heterocycles. The van der Waals surface area contributed by atoms with Crippen molar-refractivity contribution in [3.05, 3.63) is 51.9 Å². The van der Waals surface area contributed by atoms with E-state index in [4.69, 9.17) is 16.0 Å². The number of rotatable bonds is 5. The average Bonchev–Trinajstić information content (AvgIpc) is 2.68. The van der Waals surface area contributed by atoms with Crippen LogP contribution in [0.4, 0.5) is 5.69 Å². The Hall–Kier alpha value is -1.26. The van der Waals surface area contributed by atoms with Crippen LogP contribution in [0.15, 0.2) is 28.7 Å². The molecule has 0 amide bonds. The molecule has 2 rings (SSSR count). The van der Waals surface area contributed by atoms with Crippen LogP contribution in [-0.4, -0.2) is 10.5 Å². The molecule has 1 unspecified atom stereocenters. The van der Waals surface area contributed by atoms with Gasteiger partial charge >= 0.3 is 0 Å². The van der Waals surface area contributed by atoms with E-state index in [-0.39, 0.29) is 0 Å². The van der Waals surface area contributed by atoms with E-state index < -0.39 is 10.8 Å². The number of hydrogen-bond acceptors (Lipinski definition) is 3.